The number of rotatable bonds is 4. The predicted molar refractivity (Wildman–Crippen MR) is 148 cm³/mol. The highest BCUT2D eigenvalue weighted by Crippen LogP contribution is 2.32. The van der Waals surface area contributed by atoms with Crippen molar-refractivity contribution in [3.63, 3.8) is 0 Å². The highest BCUT2D eigenvalue weighted by molar-refractivity contribution is 6.07. The summed E-state index contributed by atoms with van der Waals surface area (Å²) in [6.45, 7) is 1.52. The van der Waals surface area contributed by atoms with E-state index in [-0.39, 0.29) is 29.4 Å². The number of amides is 3. The van der Waals surface area contributed by atoms with Crippen molar-refractivity contribution in [3.05, 3.63) is 89.1 Å². The van der Waals surface area contributed by atoms with Crippen molar-refractivity contribution in [3.8, 4) is 11.1 Å². The first-order valence-corrected chi connectivity index (χ1v) is 13.0. The summed E-state index contributed by atoms with van der Waals surface area (Å²) in [6.07, 6.45) is 1.40. The zero-order chi connectivity index (χ0) is 27.1. The minimum Gasteiger partial charge on any atom is -0.368 e. The first-order valence-electron chi connectivity index (χ1n) is 13.0. The van der Waals surface area contributed by atoms with E-state index in [1.54, 1.807) is 29.0 Å². The molecule has 3 amide bonds. The molecule has 0 spiro atoms. The van der Waals surface area contributed by atoms with Gasteiger partial charge in [-0.15, -0.1) is 0 Å². The number of likely N-dealkylation sites (tertiary alicyclic amines) is 1. The number of likely N-dealkylation sites (N-methyl/N-ethyl adjacent to an activating group) is 1. The van der Waals surface area contributed by atoms with Crippen LogP contribution in [0.4, 0.5) is 5.95 Å². The molecule has 1 aromatic heterocycles. The number of aromatic nitrogens is 2. The number of anilines is 1. The van der Waals surface area contributed by atoms with Crippen molar-refractivity contribution < 1.29 is 14.4 Å². The summed E-state index contributed by atoms with van der Waals surface area (Å²) in [6, 6.07) is 20.3. The fraction of sp³-hybridized carbons (Fsp3) is 0.233. The van der Waals surface area contributed by atoms with E-state index in [2.05, 4.69) is 15.3 Å². The smallest absolute Gasteiger partial charge is 0.273 e. The van der Waals surface area contributed by atoms with Crippen LogP contribution in [0, 0.1) is 0 Å². The Hall–Kier alpha value is -4.79. The molecule has 0 saturated carbocycles. The molecule has 3 N–H and O–H groups in total. The Balaban J connectivity index is 1.39. The molecule has 9 nitrogen and oxygen atoms in total. The van der Waals surface area contributed by atoms with Crippen molar-refractivity contribution in [1.82, 2.24) is 25.1 Å². The van der Waals surface area contributed by atoms with Crippen LogP contribution in [0.25, 0.3) is 22.0 Å². The number of nitrogens with two attached hydrogens (primary N) is 1. The van der Waals surface area contributed by atoms with Crippen LogP contribution in [0.15, 0.2) is 66.7 Å². The molecular weight excluding hydrogens is 492 g/mol. The van der Waals surface area contributed by atoms with Crippen LogP contribution in [0.3, 0.4) is 0 Å². The maximum atomic E-state index is 13.7. The van der Waals surface area contributed by atoms with Crippen LogP contribution in [0.1, 0.15) is 44.8 Å². The first kappa shape index (κ1) is 24.5. The second kappa shape index (κ2) is 9.83. The highest BCUT2D eigenvalue weighted by Gasteiger charge is 2.35. The second-order valence-corrected chi connectivity index (χ2v) is 9.91. The number of carbonyl (C=O) groups excluding carboxylic acids is 3. The molecule has 0 aliphatic carbocycles. The van der Waals surface area contributed by atoms with Gasteiger partial charge in [-0.1, -0.05) is 48.5 Å². The average Bonchev–Trinajstić information content (AvgIpc) is 3.63. The van der Waals surface area contributed by atoms with Gasteiger partial charge in [0.15, 0.2) is 0 Å². The normalized spacial score (nSPS) is 16.4. The van der Waals surface area contributed by atoms with E-state index in [9.17, 15) is 14.4 Å². The van der Waals surface area contributed by atoms with E-state index in [1.807, 2.05) is 54.6 Å². The maximum Gasteiger partial charge on any atom is 0.273 e. The number of hydrogen-bond acceptors (Lipinski definition) is 6. The van der Waals surface area contributed by atoms with Crippen LogP contribution in [-0.4, -0.2) is 57.1 Å². The Bertz CT molecular complexity index is 1610. The van der Waals surface area contributed by atoms with Crippen molar-refractivity contribution in [2.75, 3.05) is 19.3 Å². The Labute approximate surface area is 225 Å². The Morgan fingerprint density at radius 1 is 0.923 bits per heavy atom. The van der Waals surface area contributed by atoms with Crippen molar-refractivity contribution in [1.29, 1.82) is 0 Å². The molecule has 196 valence electrons. The van der Waals surface area contributed by atoms with E-state index in [4.69, 9.17) is 5.73 Å². The van der Waals surface area contributed by atoms with Crippen molar-refractivity contribution in [2.45, 2.75) is 32.0 Å². The van der Waals surface area contributed by atoms with Gasteiger partial charge in [0.1, 0.15) is 11.7 Å². The van der Waals surface area contributed by atoms with Crippen molar-refractivity contribution in [2.24, 2.45) is 0 Å². The molecule has 1 unspecified atom stereocenters. The SMILES string of the molecule is CNC(=O)C1CCCN1C(=O)c1ccccc1-c1ccc2nc(N)nc(C(=O)N3Cc4ccccc4C3)c2c1. The van der Waals surface area contributed by atoms with E-state index in [0.29, 0.717) is 48.1 Å². The summed E-state index contributed by atoms with van der Waals surface area (Å²) in [5, 5.41) is 3.23. The zero-order valence-electron chi connectivity index (χ0n) is 21.6. The van der Waals surface area contributed by atoms with Gasteiger partial charge in [0.25, 0.3) is 11.8 Å². The number of nitrogens with one attached hydrogen (secondary N) is 1. The Kier molecular flexibility index (Phi) is 6.18. The van der Waals surface area contributed by atoms with Gasteiger partial charge in [0.05, 0.1) is 5.52 Å². The van der Waals surface area contributed by atoms with Crippen LogP contribution in [0.5, 0.6) is 0 Å². The number of carbonyl (C=O) groups is 3. The third kappa shape index (κ3) is 4.35. The molecule has 1 atom stereocenters. The Morgan fingerprint density at radius 3 is 2.38 bits per heavy atom. The third-order valence-electron chi connectivity index (χ3n) is 7.57. The first-order chi connectivity index (χ1) is 18.9. The monoisotopic (exact) mass is 520 g/mol. The third-order valence-corrected chi connectivity index (χ3v) is 7.57. The fourth-order valence-electron chi connectivity index (χ4n) is 5.63. The molecule has 2 aliphatic rings. The van der Waals surface area contributed by atoms with Gasteiger partial charge in [-0.05, 0) is 53.3 Å². The lowest BCUT2D eigenvalue weighted by Gasteiger charge is -2.24. The number of fused-ring (bicyclic) bond motifs is 2. The number of hydrogen-bond donors (Lipinski definition) is 2. The lowest BCUT2D eigenvalue weighted by Crippen LogP contribution is -2.45. The molecule has 3 aromatic carbocycles. The van der Waals surface area contributed by atoms with E-state index in [0.717, 1.165) is 23.1 Å². The molecule has 1 saturated heterocycles. The zero-order valence-corrected chi connectivity index (χ0v) is 21.6. The highest BCUT2D eigenvalue weighted by atomic mass is 16.2. The summed E-state index contributed by atoms with van der Waals surface area (Å²) in [5.74, 6) is -0.556. The minimum absolute atomic E-state index is 0.0279. The van der Waals surface area contributed by atoms with Gasteiger partial charge in [-0.3, -0.25) is 14.4 Å². The van der Waals surface area contributed by atoms with Crippen LogP contribution in [0.2, 0.25) is 0 Å². The van der Waals surface area contributed by atoms with Gasteiger partial charge in [0, 0.05) is 37.6 Å². The average molecular weight is 521 g/mol. The van der Waals surface area contributed by atoms with E-state index < -0.39 is 6.04 Å². The standard InChI is InChI=1S/C30H28N6O3/c1-32-27(37)25-11-6-14-36(25)28(38)22-10-5-4-9-21(22)18-12-13-24-23(15-18)26(34-30(31)33-24)29(39)35-16-19-7-2-3-8-20(19)17-35/h2-5,7-10,12-13,15,25H,6,11,14,16-17H2,1H3,(H,32,37)(H2,31,33,34). The van der Waals surface area contributed by atoms with Crippen molar-refractivity contribution >= 4 is 34.6 Å². The quantitative estimate of drug-likeness (QED) is 0.426. The summed E-state index contributed by atoms with van der Waals surface area (Å²) in [7, 11) is 1.58. The molecule has 39 heavy (non-hydrogen) atoms. The summed E-state index contributed by atoms with van der Waals surface area (Å²) in [5.41, 5.74) is 11.0. The van der Waals surface area contributed by atoms with E-state index >= 15 is 0 Å². The van der Waals surface area contributed by atoms with Gasteiger partial charge in [-0.25, -0.2) is 9.97 Å². The molecule has 2 aliphatic heterocycles. The second-order valence-electron chi connectivity index (χ2n) is 9.91. The molecule has 1 fully saturated rings. The van der Waals surface area contributed by atoms with Gasteiger partial charge >= 0.3 is 0 Å². The molecule has 6 rings (SSSR count). The molecule has 3 heterocycles. The summed E-state index contributed by atoms with van der Waals surface area (Å²) < 4.78 is 0. The number of nitrogens with zero attached hydrogens (tertiary/aromatic N) is 4. The van der Waals surface area contributed by atoms with E-state index in [1.165, 1.54) is 0 Å². The minimum atomic E-state index is -0.489. The number of benzene rings is 3. The van der Waals surface area contributed by atoms with Crippen LogP contribution in [-0.2, 0) is 17.9 Å². The summed E-state index contributed by atoms with van der Waals surface area (Å²) in [4.78, 5) is 51.9. The molecule has 0 bridgehead atoms. The predicted octanol–water partition coefficient (Wildman–Crippen LogP) is 3.39. The lowest BCUT2D eigenvalue weighted by molar-refractivity contribution is -0.124. The topological polar surface area (TPSA) is 122 Å². The number of nitrogen functional groups attached to an aromatic ring is 1. The van der Waals surface area contributed by atoms with Gasteiger partial charge in [-0.2, -0.15) is 0 Å². The molecule has 9 heteroatoms. The molecule has 0 radical (unpaired) electrons. The fourth-order valence-corrected chi connectivity index (χ4v) is 5.63. The lowest BCUT2D eigenvalue weighted by atomic mass is 9.96. The molecular formula is C30H28N6O3. The summed E-state index contributed by atoms with van der Waals surface area (Å²) >= 11 is 0. The molecule has 4 aromatic rings. The maximum absolute atomic E-state index is 13.7. The van der Waals surface area contributed by atoms with Gasteiger partial charge < -0.3 is 20.9 Å². The largest absolute Gasteiger partial charge is 0.368 e. The van der Waals surface area contributed by atoms with Crippen LogP contribution >= 0.6 is 0 Å². The van der Waals surface area contributed by atoms with Crippen LogP contribution < -0.4 is 11.1 Å². The Morgan fingerprint density at radius 2 is 1.64 bits per heavy atom. The van der Waals surface area contributed by atoms with Gasteiger partial charge in [0.2, 0.25) is 11.9 Å².